The number of carboxylic acid groups (broad SMARTS) is 1. The van der Waals surface area contributed by atoms with Gasteiger partial charge in [0.25, 0.3) is 0 Å². The van der Waals surface area contributed by atoms with Gasteiger partial charge in [-0.3, -0.25) is 9.59 Å². The summed E-state index contributed by atoms with van der Waals surface area (Å²) in [4.78, 5) is 25.1. The van der Waals surface area contributed by atoms with E-state index in [1.54, 1.807) is 13.8 Å². The Balaban J connectivity index is 2.76. The number of hydrogen-bond acceptors (Lipinski definition) is 2. The van der Waals surface area contributed by atoms with Crippen LogP contribution >= 0.6 is 0 Å². The van der Waals surface area contributed by atoms with Crippen LogP contribution in [0.5, 0.6) is 0 Å². The molecule has 4 atom stereocenters. The monoisotopic (exact) mass is 241 g/mol. The first-order chi connectivity index (χ1) is 7.86. The van der Waals surface area contributed by atoms with E-state index >= 15 is 0 Å². The Kier molecular flexibility index (Phi) is 4.54. The number of carbonyl (C=O) groups is 2. The minimum Gasteiger partial charge on any atom is -0.481 e. The molecule has 0 saturated carbocycles. The Morgan fingerprint density at radius 2 is 1.59 bits per heavy atom. The molecule has 4 nitrogen and oxygen atoms in total. The molecule has 0 radical (unpaired) electrons. The molecule has 0 aromatic rings. The van der Waals surface area contributed by atoms with Crippen LogP contribution in [0.25, 0.3) is 0 Å². The predicted octanol–water partition coefficient (Wildman–Crippen LogP) is 2.13. The summed E-state index contributed by atoms with van der Waals surface area (Å²) in [5.41, 5.74) is 0. The second-order valence-corrected chi connectivity index (χ2v) is 5.29. The van der Waals surface area contributed by atoms with Crippen molar-refractivity contribution >= 4 is 11.9 Å². The van der Waals surface area contributed by atoms with E-state index < -0.39 is 17.8 Å². The van der Waals surface area contributed by atoms with Crippen molar-refractivity contribution in [1.29, 1.82) is 0 Å². The zero-order valence-electron chi connectivity index (χ0n) is 11.1. The smallest absolute Gasteiger partial charge is 0.307 e. The molecule has 4 unspecified atom stereocenters. The molecule has 1 rings (SSSR count). The van der Waals surface area contributed by atoms with Crippen LogP contribution in [0.3, 0.4) is 0 Å². The third kappa shape index (κ3) is 2.99. The number of aliphatic carboxylic acids is 1. The number of nitrogens with zero attached hydrogens (tertiary/aromatic N) is 1. The minimum absolute atomic E-state index is 0.0143. The van der Waals surface area contributed by atoms with Gasteiger partial charge in [0, 0.05) is 18.0 Å². The highest BCUT2D eigenvalue weighted by molar-refractivity contribution is 5.84. The van der Waals surface area contributed by atoms with Gasteiger partial charge in [-0.05, 0) is 33.1 Å². The van der Waals surface area contributed by atoms with Crippen molar-refractivity contribution in [1.82, 2.24) is 4.90 Å². The Bertz CT molecular complexity index is 293. The van der Waals surface area contributed by atoms with E-state index in [2.05, 4.69) is 0 Å². The van der Waals surface area contributed by atoms with Gasteiger partial charge in [-0.1, -0.05) is 13.8 Å². The second kappa shape index (κ2) is 5.52. The van der Waals surface area contributed by atoms with E-state index in [-0.39, 0.29) is 18.0 Å². The fraction of sp³-hybridized carbons (Fsp3) is 0.846. The minimum atomic E-state index is -0.900. The van der Waals surface area contributed by atoms with Gasteiger partial charge in [0.2, 0.25) is 5.91 Å². The largest absolute Gasteiger partial charge is 0.481 e. The summed E-state index contributed by atoms with van der Waals surface area (Å²) in [5.74, 6) is -1.98. The lowest BCUT2D eigenvalue weighted by atomic mass is 9.90. The zero-order chi connectivity index (χ0) is 13.2. The molecule has 98 valence electrons. The average molecular weight is 241 g/mol. The molecular formula is C13H23NO3. The molecule has 17 heavy (non-hydrogen) atoms. The molecule has 1 heterocycles. The molecule has 1 N–H and O–H groups in total. The fourth-order valence-corrected chi connectivity index (χ4v) is 2.52. The summed E-state index contributed by atoms with van der Waals surface area (Å²) in [5, 5.41) is 8.96. The number of rotatable bonds is 3. The van der Waals surface area contributed by atoms with E-state index in [4.69, 9.17) is 5.11 Å². The molecule has 1 aliphatic heterocycles. The molecule has 1 amide bonds. The van der Waals surface area contributed by atoms with Gasteiger partial charge in [0.1, 0.15) is 0 Å². The van der Waals surface area contributed by atoms with Crippen molar-refractivity contribution in [3.05, 3.63) is 0 Å². The molecule has 0 spiro atoms. The van der Waals surface area contributed by atoms with E-state index in [0.717, 1.165) is 19.3 Å². The third-order valence-electron chi connectivity index (χ3n) is 3.98. The second-order valence-electron chi connectivity index (χ2n) is 5.29. The lowest BCUT2D eigenvalue weighted by Crippen LogP contribution is -2.50. The number of piperidine rings is 1. The highest BCUT2D eigenvalue weighted by atomic mass is 16.4. The van der Waals surface area contributed by atoms with Crippen molar-refractivity contribution in [2.75, 3.05) is 0 Å². The standard InChI is InChI=1S/C13H23NO3/c1-8-6-5-7-9(2)14(8)12(15)10(3)11(4)13(16)17/h8-11H,5-7H2,1-4H3,(H,16,17). The topological polar surface area (TPSA) is 57.6 Å². The van der Waals surface area contributed by atoms with E-state index in [0.29, 0.717) is 0 Å². The highest BCUT2D eigenvalue weighted by Gasteiger charge is 2.35. The molecule has 1 saturated heterocycles. The first-order valence-corrected chi connectivity index (χ1v) is 6.41. The maximum atomic E-state index is 12.3. The van der Waals surface area contributed by atoms with Crippen LogP contribution in [0, 0.1) is 11.8 Å². The number of likely N-dealkylation sites (tertiary alicyclic amines) is 1. The number of carboxylic acids is 1. The third-order valence-corrected chi connectivity index (χ3v) is 3.98. The lowest BCUT2D eigenvalue weighted by Gasteiger charge is -2.41. The maximum Gasteiger partial charge on any atom is 0.307 e. The summed E-state index contributed by atoms with van der Waals surface area (Å²) in [6, 6.07) is 0.462. The summed E-state index contributed by atoms with van der Waals surface area (Å²) < 4.78 is 0. The molecular weight excluding hydrogens is 218 g/mol. The molecule has 0 aromatic carbocycles. The van der Waals surface area contributed by atoms with E-state index in [1.807, 2.05) is 18.7 Å². The lowest BCUT2D eigenvalue weighted by molar-refractivity contribution is -0.152. The number of amides is 1. The molecule has 0 bridgehead atoms. The highest BCUT2D eigenvalue weighted by Crippen LogP contribution is 2.26. The van der Waals surface area contributed by atoms with Crippen LogP contribution in [0.15, 0.2) is 0 Å². The molecule has 4 heteroatoms. The molecule has 0 aromatic heterocycles. The average Bonchev–Trinajstić information content (AvgIpc) is 2.26. The Morgan fingerprint density at radius 1 is 1.12 bits per heavy atom. The molecule has 1 aliphatic rings. The first kappa shape index (κ1) is 14.0. The van der Waals surface area contributed by atoms with Crippen molar-refractivity contribution in [3.63, 3.8) is 0 Å². The zero-order valence-corrected chi connectivity index (χ0v) is 11.1. The summed E-state index contributed by atoms with van der Waals surface area (Å²) >= 11 is 0. The van der Waals surface area contributed by atoms with Gasteiger partial charge in [-0.15, -0.1) is 0 Å². The van der Waals surface area contributed by atoms with E-state index in [9.17, 15) is 9.59 Å². The van der Waals surface area contributed by atoms with Crippen LogP contribution in [0.4, 0.5) is 0 Å². The summed E-state index contributed by atoms with van der Waals surface area (Å²) in [6.45, 7) is 7.41. The van der Waals surface area contributed by atoms with Crippen LogP contribution in [0.2, 0.25) is 0 Å². The fourth-order valence-electron chi connectivity index (χ4n) is 2.52. The van der Waals surface area contributed by atoms with Gasteiger partial charge >= 0.3 is 5.97 Å². The first-order valence-electron chi connectivity index (χ1n) is 6.41. The SMILES string of the molecule is CC(C(=O)O)C(C)C(=O)N1C(C)CCCC1C. The van der Waals surface area contributed by atoms with Gasteiger partial charge in [0.05, 0.1) is 5.92 Å². The predicted molar refractivity (Wildman–Crippen MR) is 65.6 cm³/mol. The number of hydrogen-bond donors (Lipinski definition) is 1. The maximum absolute atomic E-state index is 12.3. The van der Waals surface area contributed by atoms with Crippen molar-refractivity contribution in [3.8, 4) is 0 Å². The summed E-state index contributed by atoms with van der Waals surface area (Å²) in [7, 11) is 0. The Hall–Kier alpha value is -1.06. The Morgan fingerprint density at radius 3 is 2.00 bits per heavy atom. The van der Waals surface area contributed by atoms with Crippen molar-refractivity contribution < 1.29 is 14.7 Å². The van der Waals surface area contributed by atoms with Crippen LogP contribution < -0.4 is 0 Å². The van der Waals surface area contributed by atoms with Crippen molar-refractivity contribution in [2.45, 2.75) is 59.0 Å². The molecule has 0 aliphatic carbocycles. The van der Waals surface area contributed by atoms with Crippen LogP contribution in [-0.4, -0.2) is 34.0 Å². The normalized spacial score (nSPS) is 28.6. The van der Waals surface area contributed by atoms with Crippen LogP contribution in [0.1, 0.15) is 47.0 Å². The van der Waals surface area contributed by atoms with Gasteiger partial charge in [-0.2, -0.15) is 0 Å². The molecule has 1 fully saturated rings. The quantitative estimate of drug-likeness (QED) is 0.823. The van der Waals surface area contributed by atoms with Gasteiger partial charge < -0.3 is 10.0 Å². The van der Waals surface area contributed by atoms with E-state index in [1.165, 1.54) is 0 Å². The summed E-state index contributed by atoms with van der Waals surface area (Å²) in [6.07, 6.45) is 3.18. The van der Waals surface area contributed by atoms with Crippen LogP contribution in [-0.2, 0) is 9.59 Å². The van der Waals surface area contributed by atoms with Crippen molar-refractivity contribution in [2.24, 2.45) is 11.8 Å². The number of carbonyl (C=O) groups excluding carboxylic acids is 1. The Labute approximate surface area is 103 Å². The van der Waals surface area contributed by atoms with Gasteiger partial charge in [-0.25, -0.2) is 0 Å². The van der Waals surface area contributed by atoms with Gasteiger partial charge in [0.15, 0.2) is 0 Å².